The summed E-state index contributed by atoms with van der Waals surface area (Å²) in [5.41, 5.74) is 6.60. The summed E-state index contributed by atoms with van der Waals surface area (Å²) in [6.45, 7) is 10.8. The van der Waals surface area contributed by atoms with Gasteiger partial charge < -0.3 is 36.2 Å². The van der Waals surface area contributed by atoms with E-state index in [1.165, 1.54) is 0 Å². The number of nitrogens with one attached hydrogen (secondary N) is 3. The van der Waals surface area contributed by atoms with Gasteiger partial charge >= 0.3 is 0 Å². The number of hydrogen-bond donors (Lipinski definition) is 4. The lowest BCUT2D eigenvalue weighted by molar-refractivity contribution is -0.00572. The van der Waals surface area contributed by atoms with Gasteiger partial charge in [-0.15, -0.1) is 0 Å². The molecule has 2 aliphatic heterocycles. The zero-order valence-electron chi connectivity index (χ0n) is 20.3. The average molecular weight is 483 g/mol. The summed E-state index contributed by atoms with van der Waals surface area (Å²) in [6, 6.07) is 7.45. The highest BCUT2D eigenvalue weighted by Gasteiger charge is 2.27. The zero-order valence-corrected chi connectivity index (χ0v) is 20.3. The van der Waals surface area contributed by atoms with Gasteiger partial charge in [-0.1, -0.05) is 0 Å². The van der Waals surface area contributed by atoms with Gasteiger partial charge in [0.25, 0.3) is 5.91 Å². The van der Waals surface area contributed by atoms with Crippen LogP contribution in [-0.4, -0.2) is 91.6 Å². The van der Waals surface area contributed by atoms with E-state index in [0.29, 0.717) is 31.3 Å². The lowest BCUT2D eigenvalue weighted by atomic mass is 10.2. The smallest absolute Gasteiger partial charge is 0.254 e. The molecule has 0 aliphatic carbocycles. The number of anilines is 3. The van der Waals surface area contributed by atoms with Crippen molar-refractivity contribution in [3.8, 4) is 5.75 Å². The monoisotopic (exact) mass is 482 g/mol. The Morgan fingerprint density at radius 1 is 1.23 bits per heavy atom. The normalized spacial score (nSPS) is 20.9. The summed E-state index contributed by atoms with van der Waals surface area (Å²) in [5.74, 6) is 0.751. The molecule has 188 valence electrons. The number of nitrogens with two attached hydrogens (primary N) is 1. The molecule has 35 heavy (non-hydrogen) atoms. The third-order valence-corrected chi connectivity index (χ3v) is 6.01. The van der Waals surface area contributed by atoms with Gasteiger partial charge in [0.05, 0.1) is 12.2 Å². The molecule has 1 aromatic carbocycles. The Morgan fingerprint density at radius 2 is 1.91 bits per heavy atom. The van der Waals surface area contributed by atoms with Gasteiger partial charge in [0.1, 0.15) is 29.4 Å². The van der Waals surface area contributed by atoms with Gasteiger partial charge in [0, 0.05) is 57.7 Å². The molecular formula is C24H34N8O3. The summed E-state index contributed by atoms with van der Waals surface area (Å²) in [4.78, 5) is 25.7. The highest BCUT2D eigenvalue weighted by atomic mass is 16.5. The zero-order chi connectivity index (χ0) is 24.8. The molecule has 0 radical (unpaired) electrons. The first-order chi connectivity index (χ1) is 16.9. The van der Waals surface area contributed by atoms with E-state index in [-0.39, 0.29) is 29.3 Å². The van der Waals surface area contributed by atoms with Crippen LogP contribution in [0.4, 0.5) is 17.5 Å². The van der Waals surface area contributed by atoms with Crippen LogP contribution in [0, 0.1) is 5.41 Å². The van der Waals surface area contributed by atoms with Crippen molar-refractivity contribution in [3.63, 3.8) is 0 Å². The molecule has 11 heteroatoms. The number of benzene rings is 1. The third kappa shape index (κ3) is 6.44. The Morgan fingerprint density at radius 3 is 2.54 bits per heavy atom. The molecule has 2 atom stereocenters. The number of rotatable bonds is 9. The van der Waals surface area contributed by atoms with Crippen LogP contribution >= 0.6 is 0 Å². The van der Waals surface area contributed by atoms with Crippen LogP contribution in [0.3, 0.4) is 0 Å². The van der Waals surface area contributed by atoms with E-state index in [4.69, 9.17) is 20.6 Å². The Balaban J connectivity index is 1.48. The number of hydrogen-bond acceptors (Lipinski definition) is 10. The van der Waals surface area contributed by atoms with Crippen LogP contribution in [0.2, 0.25) is 0 Å². The lowest BCUT2D eigenvalue weighted by Gasteiger charge is -2.35. The van der Waals surface area contributed by atoms with Crippen molar-refractivity contribution < 1.29 is 14.3 Å². The Hall–Kier alpha value is -3.28. The van der Waals surface area contributed by atoms with Gasteiger partial charge in [-0.3, -0.25) is 9.69 Å². The molecule has 4 rings (SSSR count). The van der Waals surface area contributed by atoms with E-state index < -0.39 is 5.91 Å². The standard InChI is InChI=1S/C24H34N8O3/c1-16-14-32(15-17(2)35-16)24-29-20(13-25)21(22(26)33)23(30-24)28-18-3-5-19(6-4-18)34-12-11-31-9-7-27-8-10-31/h3-6,13,16-17,25,27H,7-12,14-15H2,1-2H3,(H2,26,33)(H,28,29,30). The van der Waals surface area contributed by atoms with Crippen molar-refractivity contribution in [3.05, 3.63) is 35.5 Å². The van der Waals surface area contributed by atoms with E-state index in [2.05, 4.69) is 25.5 Å². The van der Waals surface area contributed by atoms with Crippen molar-refractivity contribution >= 4 is 29.6 Å². The highest BCUT2D eigenvalue weighted by Crippen LogP contribution is 2.26. The fourth-order valence-electron chi connectivity index (χ4n) is 4.38. The van der Waals surface area contributed by atoms with Crippen LogP contribution in [-0.2, 0) is 4.74 Å². The number of nitrogens with zero attached hydrogens (tertiary/aromatic N) is 4. The Labute approximate surface area is 205 Å². The van der Waals surface area contributed by atoms with Gasteiger partial charge in [-0.25, -0.2) is 4.98 Å². The van der Waals surface area contributed by atoms with E-state index >= 15 is 0 Å². The molecule has 0 saturated carbocycles. The molecule has 0 bridgehead atoms. The molecule has 2 aliphatic rings. The topological polar surface area (TPSA) is 142 Å². The van der Waals surface area contributed by atoms with Crippen molar-refractivity contribution in [2.45, 2.75) is 26.1 Å². The van der Waals surface area contributed by atoms with Crippen molar-refractivity contribution in [1.82, 2.24) is 20.2 Å². The van der Waals surface area contributed by atoms with Gasteiger partial charge in [0.2, 0.25) is 5.95 Å². The number of primary amides is 1. The first-order valence-electron chi connectivity index (χ1n) is 12.0. The first-order valence-corrected chi connectivity index (χ1v) is 12.0. The summed E-state index contributed by atoms with van der Waals surface area (Å²) < 4.78 is 11.7. The van der Waals surface area contributed by atoms with Crippen molar-refractivity contribution in [2.24, 2.45) is 5.73 Å². The second kappa shape index (κ2) is 11.4. The third-order valence-electron chi connectivity index (χ3n) is 6.01. The largest absolute Gasteiger partial charge is 0.492 e. The Kier molecular flexibility index (Phi) is 8.11. The lowest BCUT2D eigenvalue weighted by Crippen LogP contribution is -2.46. The van der Waals surface area contributed by atoms with Crippen molar-refractivity contribution in [1.29, 1.82) is 5.41 Å². The minimum absolute atomic E-state index is 0.0112. The average Bonchev–Trinajstić information content (AvgIpc) is 2.84. The fraction of sp³-hybridized carbons (Fsp3) is 0.500. The summed E-state index contributed by atoms with van der Waals surface area (Å²) >= 11 is 0. The van der Waals surface area contributed by atoms with Crippen LogP contribution in [0.25, 0.3) is 0 Å². The molecule has 2 unspecified atom stereocenters. The SMILES string of the molecule is CC1CN(c2nc(C=N)c(C(N)=O)c(Nc3ccc(OCCN4CCNCC4)cc3)n2)CC(C)O1. The predicted molar refractivity (Wildman–Crippen MR) is 135 cm³/mol. The molecule has 2 fully saturated rings. The maximum absolute atomic E-state index is 12.2. The van der Waals surface area contributed by atoms with Crippen LogP contribution < -0.4 is 26.0 Å². The molecule has 1 amide bonds. The first kappa shape index (κ1) is 24.8. The van der Waals surface area contributed by atoms with Crippen molar-refractivity contribution in [2.75, 3.05) is 62.6 Å². The maximum atomic E-state index is 12.2. The van der Waals surface area contributed by atoms with E-state index in [0.717, 1.165) is 44.7 Å². The number of aromatic nitrogens is 2. The fourth-order valence-corrected chi connectivity index (χ4v) is 4.38. The number of carbonyl (C=O) groups excluding carboxylic acids is 1. The summed E-state index contributed by atoms with van der Waals surface area (Å²) in [6.07, 6.45) is 1.05. The summed E-state index contributed by atoms with van der Waals surface area (Å²) in [5, 5.41) is 14.3. The molecule has 3 heterocycles. The second-order valence-corrected chi connectivity index (χ2v) is 8.89. The Bertz CT molecular complexity index is 1020. The molecule has 2 saturated heterocycles. The molecule has 5 N–H and O–H groups in total. The number of carbonyl (C=O) groups is 1. The predicted octanol–water partition coefficient (Wildman–Crippen LogP) is 1.21. The molecule has 0 spiro atoms. The number of morpholine rings is 1. The van der Waals surface area contributed by atoms with Gasteiger partial charge in [0.15, 0.2) is 0 Å². The van der Waals surface area contributed by atoms with E-state index in [9.17, 15) is 4.79 Å². The number of ether oxygens (including phenoxy) is 2. The summed E-state index contributed by atoms with van der Waals surface area (Å²) in [7, 11) is 0. The van der Waals surface area contributed by atoms with E-state index in [1.807, 2.05) is 43.0 Å². The minimum Gasteiger partial charge on any atom is -0.492 e. The van der Waals surface area contributed by atoms with Gasteiger partial charge in [-0.05, 0) is 38.1 Å². The second-order valence-electron chi connectivity index (χ2n) is 8.89. The van der Waals surface area contributed by atoms with Crippen LogP contribution in [0.5, 0.6) is 5.75 Å². The molecular weight excluding hydrogens is 448 g/mol. The number of amides is 1. The minimum atomic E-state index is -0.700. The number of piperazine rings is 1. The van der Waals surface area contributed by atoms with E-state index in [1.54, 1.807) is 0 Å². The molecule has 1 aromatic heterocycles. The highest BCUT2D eigenvalue weighted by molar-refractivity contribution is 6.04. The molecule has 2 aromatic rings. The van der Waals surface area contributed by atoms with Gasteiger partial charge in [-0.2, -0.15) is 4.98 Å². The maximum Gasteiger partial charge on any atom is 0.254 e. The molecule has 11 nitrogen and oxygen atoms in total. The van der Waals surface area contributed by atoms with Crippen LogP contribution in [0.1, 0.15) is 29.9 Å². The quantitative estimate of drug-likeness (QED) is 0.388. The van der Waals surface area contributed by atoms with Crippen LogP contribution in [0.15, 0.2) is 24.3 Å².